The van der Waals surface area contributed by atoms with Gasteiger partial charge in [-0.25, -0.2) is 14.4 Å². The van der Waals surface area contributed by atoms with E-state index in [0.717, 1.165) is 16.5 Å². The van der Waals surface area contributed by atoms with E-state index in [-0.39, 0.29) is 11.6 Å². The van der Waals surface area contributed by atoms with Gasteiger partial charge in [-0.3, -0.25) is 0 Å². The van der Waals surface area contributed by atoms with E-state index in [9.17, 15) is 4.39 Å². The Bertz CT molecular complexity index is 587. The van der Waals surface area contributed by atoms with Crippen LogP contribution >= 0.6 is 15.9 Å². The largest absolute Gasteiger partial charge is 0.368 e. The molecule has 0 atom stereocenters. The van der Waals surface area contributed by atoms with Crippen LogP contribution in [0.15, 0.2) is 28.7 Å². The summed E-state index contributed by atoms with van der Waals surface area (Å²) in [5.74, 6) is 0.412. The van der Waals surface area contributed by atoms with Crippen LogP contribution in [0.5, 0.6) is 0 Å². The molecule has 0 amide bonds. The lowest BCUT2D eigenvalue weighted by Gasteiger charge is -2.09. The summed E-state index contributed by atoms with van der Waals surface area (Å²) < 4.78 is 14.8. The van der Waals surface area contributed by atoms with E-state index in [0.29, 0.717) is 18.1 Å². The average Bonchev–Trinajstić information content (AvgIpc) is 2.40. The zero-order valence-electron chi connectivity index (χ0n) is 10.9. The molecule has 1 heterocycles. The van der Waals surface area contributed by atoms with Crippen molar-refractivity contribution in [3.05, 3.63) is 40.2 Å². The van der Waals surface area contributed by atoms with E-state index >= 15 is 0 Å². The summed E-state index contributed by atoms with van der Waals surface area (Å²) in [4.78, 5) is 8.47. The van der Waals surface area contributed by atoms with E-state index in [4.69, 9.17) is 0 Å². The van der Waals surface area contributed by atoms with E-state index < -0.39 is 0 Å². The second kappa shape index (κ2) is 6.10. The van der Waals surface area contributed by atoms with Gasteiger partial charge in [-0.05, 0) is 25.5 Å². The first kappa shape index (κ1) is 13.9. The maximum absolute atomic E-state index is 13.9. The van der Waals surface area contributed by atoms with E-state index in [1.807, 2.05) is 31.2 Å². The maximum atomic E-state index is 13.9. The number of hydrogen-bond acceptors (Lipinski definition) is 3. The first-order chi connectivity index (χ1) is 9.11. The molecule has 0 saturated heterocycles. The number of rotatable bonds is 4. The molecule has 0 aliphatic carbocycles. The molecular weight excluding hydrogens is 309 g/mol. The lowest BCUT2D eigenvalue weighted by Crippen LogP contribution is -2.08. The molecule has 1 aromatic carbocycles. The number of benzene rings is 1. The van der Waals surface area contributed by atoms with Crippen molar-refractivity contribution in [2.24, 2.45) is 0 Å². The number of anilines is 1. The van der Waals surface area contributed by atoms with Gasteiger partial charge >= 0.3 is 0 Å². The summed E-state index contributed by atoms with van der Waals surface area (Å²) in [5.41, 5.74) is 1.21. The van der Waals surface area contributed by atoms with Gasteiger partial charge in [0.05, 0.1) is 5.69 Å². The van der Waals surface area contributed by atoms with Crippen LogP contribution < -0.4 is 5.32 Å². The minimum Gasteiger partial charge on any atom is -0.368 e. The molecule has 2 rings (SSSR count). The number of hydrogen-bond donors (Lipinski definition) is 1. The highest BCUT2D eigenvalue weighted by molar-refractivity contribution is 9.10. The van der Waals surface area contributed by atoms with Crippen molar-refractivity contribution in [3.63, 3.8) is 0 Å². The Morgan fingerprint density at radius 3 is 2.79 bits per heavy atom. The zero-order chi connectivity index (χ0) is 13.8. The number of aryl methyl sites for hydroxylation is 1. The molecule has 0 fully saturated rings. The predicted octanol–water partition coefficient (Wildman–Crippen LogP) is 4.18. The van der Waals surface area contributed by atoms with Crippen molar-refractivity contribution in [1.29, 1.82) is 0 Å². The highest BCUT2D eigenvalue weighted by Crippen LogP contribution is 2.23. The molecule has 5 heteroatoms. The van der Waals surface area contributed by atoms with E-state index in [2.05, 4.69) is 31.2 Å². The van der Waals surface area contributed by atoms with Crippen LogP contribution in [0, 0.1) is 12.7 Å². The van der Waals surface area contributed by atoms with Gasteiger partial charge in [0.25, 0.3) is 0 Å². The highest BCUT2D eigenvalue weighted by Gasteiger charge is 2.12. The maximum Gasteiger partial charge on any atom is 0.186 e. The molecule has 0 saturated carbocycles. The minimum atomic E-state index is -0.382. The van der Waals surface area contributed by atoms with Crippen LogP contribution in [0.2, 0.25) is 0 Å². The second-order valence-corrected chi connectivity index (χ2v) is 5.15. The molecule has 0 aliphatic rings. The van der Waals surface area contributed by atoms with Crippen molar-refractivity contribution in [2.75, 3.05) is 11.9 Å². The fourth-order valence-corrected chi connectivity index (χ4v) is 2.08. The molecular formula is C14H15BrFN3. The quantitative estimate of drug-likeness (QED) is 0.917. The summed E-state index contributed by atoms with van der Waals surface area (Å²) in [7, 11) is 0. The molecule has 3 nitrogen and oxygen atoms in total. The van der Waals surface area contributed by atoms with Gasteiger partial charge in [0.2, 0.25) is 0 Å². The fraction of sp³-hybridized carbons (Fsp3) is 0.286. The normalized spacial score (nSPS) is 10.5. The van der Waals surface area contributed by atoms with Gasteiger partial charge in [-0.1, -0.05) is 35.0 Å². The molecule has 2 aromatic rings. The SMILES string of the molecule is CCCNc1nc(-c2cccc(Br)c2)nc(C)c1F. The summed E-state index contributed by atoms with van der Waals surface area (Å²) in [6, 6.07) is 7.65. The third-order valence-corrected chi connectivity index (χ3v) is 3.14. The molecule has 0 aliphatic heterocycles. The lowest BCUT2D eigenvalue weighted by atomic mass is 10.2. The molecule has 0 spiro atoms. The van der Waals surface area contributed by atoms with Gasteiger partial charge in [0.15, 0.2) is 17.5 Å². The number of aromatic nitrogens is 2. The lowest BCUT2D eigenvalue weighted by molar-refractivity contribution is 0.605. The number of halogens is 2. The topological polar surface area (TPSA) is 37.8 Å². The molecule has 0 bridgehead atoms. The van der Waals surface area contributed by atoms with Crippen LogP contribution in [0.4, 0.5) is 10.2 Å². The van der Waals surface area contributed by atoms with Crippen molar-refractivity contribution in [2.45, 2.75) is 20.3 Å². The first-order valence-electron chi connectivity index (χ1n) is 6.15. The molecule has 0 radical (unpaired) electrons. The number of nitrogens with zero attached hydrogens (tertiary/aromatic N) is 2. The first-order valence-corrected chi connectivity index (χ1v) is 6.95. The van der Waals surface area contributed by atoms with Crippen LogP contribution in [-0.2, 0) is 0 Å². The third kappa shape index (κ3) is 3.29. The van der Waals surface area contributed by atoms with Gasteiger partial charge in [-0.2, -0.15) is 0 Å². The van der Waals surface area contributed by atoms with Crippen molar-refractivity contribution < 1.29 is 4.39 Å². The molecule has 19 heavy (non-hydrogen) atoms. The second-order valence-electron chi connectivity index (χ2n) is 4.23. The molecule has 1 N–H and O–H groups in total. The summed E-state index contributed by atoms with van der Waals surface area (Å²) in [6.45, 7) is 4.36. The van der Waals surface area contributed by atoms with Crippen molar-refractivity contribution in [3.8, 4) is 11.4 Å². The zero-order valence-corrected chi connectivity index (χ0v) is 12.5. The molecule has 1 aromatic heterocycles. The van der Waals surface area contributed by atoms with Crippen LogP contribution in [0.1, 0.15) is 19.0 Å². The van der Waals surface area contributed by atoms with Gasteiger partial charge in [0.1, 0.15) is 0 Å². The van der Waals surface area contributed by atoms with Gasteiger partial charge in [-0.15, -0.1) is 0 Å². The molecule has 0 unspecified atom stereocenters. The monoisotopic (exact) mass is 323 g/mol. The Morgan fingerprint density at radius 2 is 2.11 bits per heavy atom. The highest BCUT2D eigenvalue weighted by atomic mass is 79.9. The number of nitrogens with one attached hydrogen (secondary N) is 1. The van der Waals surface area contributed by atoms with E-state index in [1.54, 1.807) is 6.92 Å². The Kier molecular flexibility index (Phi) is 4.47. The minimum absolute atomic E-state index is 0.268. The fourth-order valence-electron chi connectivity index (χ4n) is 1.68. The van der Waals surface area contributed by atoms with Crippen molar-refractivity contribution in [1.82, 2.24) is 9.97 Å². The summed E-state index contributed by atoms with van der Waals surface area (Å²) in [6.07, 6.45) is 0.911. The Morgan fingerprint density at radius 1 is 1.32 bits per heavy atom. The molecule has 100 valence electrons. The summed E-state index contributed by atoms with van der Waals surface area (Å²) >= 11 is 3.41. The Labute approximate surface area is 120 Å². The van der Waals surface area contributed by atoms with Crippen LogP contribution in [0.3, 0.4) is 0 Å². The standard InChI is InChI=1S/C14H15BrFN3/c1-3-7-17-14-12(16)9(2)18-13(19-14)10-5-4-6-11(15)8-10/h4-6,8H,3,7H2,1-2H3,(H,17,18,19). The van der Waals surface area contributed by atoms with Crippen LogP contribution in [-0.4, -0.2) is 16.5 Å². The Hall–Kier alpha value is -1.49. The van der Waals surface area contributed by atoms with Gasteiger partial charge in [0, 0.05) is 16.6 Å². The smallest absolute Gasteiger partial charge is 0.186 e. The van der Waals surface area contributed by atoms with E-state index in [1.165, 1.54) is 0 Å². The third-order valence-electron chi connectivity index (χ3n) is 2.64. The van der Waals surface area contributed by atoms with Crippen molar-refractivity contribution >= 4 is 21.7 Å². The van der Waals surface area contributed by atoms with Crippen LogP contribution in [0.25, 0.3) is 11.4 Å². The Balaban J connectivity index is 2.44. The van der Waals surface area contributed by atoms with Gasteiger partial charge < -0.3 is 5.32 Å². The summed E-state index contributed by atoms with van der Waals surface area (Å²) in [5, 5.41) is 2.99. The predicted molar refractivity (Wildman–Crippen MR) is 78.6 cm³/mol. The average molecular weight is 324 g/mol.